The molecule has 0 radical (unpaired) electrons. The van der Waals surface area contributed by atoms with E-state index in [4.69, 9.17) is 17.0 Å². The van der Waals surface area contributed by atoms with Crippen LogP contribution in [-0.2, 0) is 35.9 Å². The molecule has 3 rings (SSSR count). The summed E-state index contributed by atoms with van der Waals surface area (Å²) in [7, 11) is -15.5. The molecule has 15 nitrogen and oxygen atoms in total. The van der Waals surface area contributed by atoms with Crippen LogP contribution in [0.1, 0.15) is 11.8 Å². The van der Waals surface area contributed by atoms with Crippen molar-refractivity contribution in [3.05, 3.63) is 26.9 Å². The van der Waals surface area contributed by atoms with Crippen molar-refractivity contribution in [2.45, 2.75) is 31.5 Å². The number of nitrogens with zero attached hydrogens (tertiary/aromatic N) is 1. The van der Waals surface area contributed by atoms with Crippen LogP contribution in [0.25, 0.3) is 0 Å². The van der Waals surface area contributed by atoms with E-state index in [0.717, 1.165) is 4.57 Å². The first-order valence-corrected chi connectivity index (χ1v) is 12.5. The molecule has 6 atom stereocenters. The minimum Gasteiger partial charge on any atom is -0.387 e. The number of aliphatic hydroxyl groups is 2. The van der Waals surface area contributed by atoms with Gasteiger partial charge in [0.15, 0.2) is 11.0 Å². The molecule has 5 N–H and O–H groups in total. The number of aryl methyl sites for hydroxylation is 1. The van der Waals surface area contributed by atoms with Gasteiger partial charge in [-0.1, -0.05) is 0 Å². The summed E-state index contributed by atoms with van der Waals surface area (Å²) in [6.07, 6.45) is -4.62. The van der Waals surface area contributed by atoms with Crippen molar-refractivity contribution in [3.8, 4) is 0 Å². The van der Waals surface area contributed by atoms with Gasteiger partial charge in [0.05, 0.1) is 6.61 Å². The van der Waals surface area contributed by atoms with Gasteiger partial charge in [-0.2, -0.15) is 12.9 Å². The number of aromatic amines is 1. The van der Waals surface area contributed by atoms with Crippen LogP contribution in [0, 0.1) is 11.7 Å². The Hall–Kier alpha value is -0.570. The molecule has 3 heterocycles. The van der Waals surface area contributed by atoms with Crippen LogP contribution in [0.4, 0.5) is 0 Å². The Morgan fingerprint density at radius 2 is 1.76 bits per heavy atom. The fraction of sp³-hybridized carbons (Fsp3) is 0.600. The van der Waals surface area contributed by atoms with Gasteiger partial charge >= 0.3 is 23.5 Å². The van der Waals surface area contributed by atoms with E-state index in [1.54, 1.807) is 0 Å². The number of H-pyrrole nitrogens is 1. The first-order valence-electron chi connectivity index (χ1n) is 7.60. The zero-order valence-corrected chi connectivity index (χ0v) is 17.8. The number of hydrogen-bond acceptors (Lipinski definition) is 12. The molecule has 2 aliphatic heterocycles. The number of ether oxygens (including phenoxy) is 1. The third-order valence-electron chi connectivity index (χ3n) is 3.77. The van der Waals surface area contributed by atoms with E-state index >= 15 is 0 Å². The Balaban J connectivity index is 1.76. The number of aromatic nitrogens is 2. The molecule has 0 aromatic carbocycles. The van der Waals surface area contributed by atoms with Crippen molar-refractivity contribution in [2.24, 2.45) is 0 Å². The van der Waals surface area contributed by atoms with Gasteiger partial charge in [-0.05, 0) is 19.1 Å². The first-order chi connectivity index (χ1) is 13.2. The largest absolute Gasteiger partial charge is 0.492 e. The second-order valence-corrected chi connectivity index (χ2v) is 11.3. The summed E-state index contributed by atoms with van der Waals surface area (Å²) in [6.45, 7) is 0.607. The average molecular weight is 496 g/mol. The minimum absolute atomic E-state index is 0.121. The van der Waals surface area contributed by atoms with E-state index in [2.05, 4.69) is 22.4 Å². The highest BCUT2D eigenvalue weighted by molar-refractivity contribution is 7.74. The summed E-state index contributed by atoms with van der Waals surface area (Å²) in [5, 5.41) is 20.4. The fourth-order valence-corrected chi connectivity index (χ4v) is 7.70. The van der Waals surface area contributed by atoms with Crippen LogP contribution >= 0.6 is 35.7 Å². The van der Waals surface area contributed by atoms with Gasteiger partial charge in [0.2, 0.25) is 0 Å². The molecule has 0 saturated carbocycles. The van der Waals surface area contributed by atoms with Crippen molar-refractivity contribution >= 4 is 35.7 Å². The molecule has 1 aromatic heterocycles. The van der Waals surface area contributed by atoms with E-state index in [-0.39, 0.29) is 10.3 Å². The third-order valence-corrected chi connectivity index (χ3v) is 9.45. The van der Waals surface area contributed by atoms with E-state index in [9.17, 15) is 38.5 Å². The molecule has 0 bridgehead atoms. The molecule has 2 saturated heterocycles. The maximum atomic E-state index is 12.2. The summed E-state index contributed by atoms with van der Waals surface area (Å²) in [5.41, 5.74) is -0.234. The summed E-state index contributed by atoms with van der Waals surface area (Å²) in [5.74, 6) is 0. The minimum atomic E-state index is -5.23. The van der Waals surface area contributed by atoms with Crippen LogP contribution in [0.3, 0.4) is 0 Å². The fourth-order valence-electron chi connectivity index (χ4n) is 2.51. The SMILES string of the molecule is Cc1cn([C@@H]2O[C@H](COP3(=O)OP(=O)(O)OP(=O)(O)O3)[C@H](O)[C@@H]2O)c(=S)[nH]c1=O. The Bertz CT molecular complexity index is 1040. The monoisotopic (exact) mass is 496 g/mol. The summed E-state index contributed by atoms with van der Waals surface area (Å²) >= 11 is 4.99. The van der Waals surface area contributed by atoms with Crippen LogP contribution in [0.2, 0.25) is 0 Å². The first kappa shape index (κ1) is 23.1. The van der Waals surface area contributed by atoms with Crippen molar-refractivity contribution < 1.29 is 55.9 Å². The van der Waals surface area contributed by atoms with Gasteiger partial charge in [0.1, 0.15) is 18.3 Å². The zero-order valence-electron chi connectivity index (χ0n) is 14.3. The Morgan fingerprint density at radius 1 is 1.17 bits per heavy atom. The van der Waals surface area contributed by atoms with E-state index in [1.165, 1.54) is 13.1 Å². The van der Waals surface area contributed by atoms with Crippen LogP contribution in [-0.4, -0.2) is 54.5 Å². The summed E-state index contributed by atoms with van der Waals surface area (Å²) in [6, 6.07) is 0. The zero-order chi connectivity index (χ0) is 21.8. The van der Waals surface area contributed by atoms with Gasteiger partial charge in [-0.15, -0.1) is 0 Å². The van der Waals surface area contributed by atoms with Gasteiger partial charge in [-0.3, -0.25) is 18.9 Å². The molecule has 0 spiro atoms. The third kappa shape index (κ3) is 5.02. The van der Waals surface area contributed by atoms with Gasteiger partial charge in [-0.25, -0.2) is 13.7 Å². The molecule has 2 unspecified atom stereocenters. The Morgan fingerprint density at radius 3 is 2.34 bits per heavy atom. The smallest absolute Gasteiger partial charge is 0.387 e. The van der Waals surface area contributed by atoms with Crippen molar-refractivity contribution in [3.63, 3.8) is 0 Å². The summed E-state index contributed by atoms with van der Waals surface area (Å²) < 4.78 is 58.0. The average Bonchev–Trinajstić information content (AvgIpc) is 2.81. The van der Waals surface area contributed by atoms with Gasteiger partial charge in [0.25, 0.3) is 5.56 Å². The van der Waals surface area contributed by atoms with E-state index in [0.29, 0.717) is 0 Å². The molecule has 2 aliphatic rings. The predicted molar refractivity (Wildman–Crippen MR) is 93.0 cm³/mol. The van der Waals surface area contributed by atoms with Gasteiger partial charge < -0.3 is 24.7 Å². The molecular weight excluding hydrogens is 481 g/mol. The second kappa shape index (κ2) is 7.84. The normalized spacial score (nSPS) is 42.8. The highest BCUT2D eigenvalue weighted by Crippen LogP contribution is 2.80. The Labute approximate surface area is 166 Å². The number of rotatable bonds is 4. The van der Waals surface area contributed by atoms with E-state index in [1.807, 2.05) is 0 Å². The summed E-state index contributed by atoms with van der Waals surface area (Å²) in [4.78, 5) is 32.3. The highest BCUT2D eigenvalue weighted by atomic mass is 32.1. The van der Waals surface area contributed by atoms with E-state index < -0.39 is 60.2 Å². The number of aliphatic hydroxyl groups excluding tert-OH is 2. The lowest BCUT2D eigenvalue weighted by atomic mass is 10.1. The highest BCUT2D eigenvalue weighted by Gasteiger charge is 2.55. The van der Waals surface area contributed by atoms with Crippen LogP contribution in [0.5, 0.6) is 0 Å². The second-order valence-electron chi connectivity index (χ2n) is 5.95. The standard InChI is InChI=1S/C10H15N2O13P3S/c1-4-2-12(10(29)11-8(4)15)9-7(14)6(13)5(22-9)3-21-28(20)24-26(16,17)23-27(18,19)25-28/h2,5-7,9,13-14H,3H2,1H3,(H,16,17)(H,18,19)(H,11,15,29)/t5-,6+,7+,9-/m1/s1. The molecule has 1 aromatic rings. The van der Waals surface area contributed by atoms with Crippen molar-refractivity contribution in [1.29, 1.82) is 0 Å². The predicted octanol–water partition coefficient (Wildman–Crippen LogP) is 0.222. The number of hydrogen-bond donors (Lipinski definition) is 5. The molecule has 19 heteroatoms. The molecule has 164 valence electrons. The number of phosphoric acid groups is 3. The topological polar surface area (TPSA) is 216 Å². The maximum Gasteiger partial charge on any atom is 0.492 e. The van der Waals surface area contributed by atoms with Crippen molar-refractivity contribution in [2.75, 3.05) is 6.61 Å². The maximum absolute atomic E-state index is 12.2. The Kier molecular flexibility index (Phi) is 6.25. The van der Waals surface area contributed by atoms with Crippen molar-refractivity contribution in [1.82, 2.24) is 9.55 Å². The number of nitrogens with one attached hydrogen (secondary N) is 1. The lowest BCUT2D eigenvalue weighted by Gasteiger charge is -2.27. The lowest BCUT2D eigenvalue weighted by Crippen LogP contribution is -2.34. The van der Waals surface area contributed by atoms with Gasteiger partial charge in [0, 0.05) is 11.8 Å². The quantitative estimate of drug-likeness (QED) is 0.278. The molecule has 29 heavy (non-hydrogen) atoms. The molecule has 0 amide bonds. The lowest BCUT2D eigenvalue weighted by molar-refractivity contribution is -0.0537. The van der Waals surface area contributed by atoms with Crippen LogP contribution < -0.4 is 5.56 Å². The van der Waals surface area contributed by atoms with Crippen LogP contribution in [0.15, 0.2) is 11.0 Å². The molecule has 2 fully saturated rings. The molecular formula is C10H15N2O13P3S. The molecule has 0 aliphatic carbocycles.